The van der Waals surface area contributed by atoms with Crippen molar-refractivity contribution in [1.82, 2.24) is 4.90 Å². The first-order chi connectivity index (χ1) is 8.88. The molecule has 0 spiro atoms. The monoisotopic (exact) mass is 261 g/mol. The first kappa shape index (κ1) is 14.1. The maximum atomic E-state index is 11.2. The lowest BCUT2D eigenvalue weighted by Crippen LogP contribution is -2.26. The van der Waals surface area contributed by atoms with E-state index < -0.39 is 5.97 Å². The van der Waals surface area contributed by atoms with Crippen LogP contribution in [0.25, 0.3) is 0 Å². The maximum Gasteiger partial charge on any atom is 0.308 e. The van der Waals surface area contributed by atoms with Gasteiger partial charge in [-0.2, -0.15) is 0 Å². The Morgan fingerprint density at radius 3 is 2.32 bits per heavy atom. The Bertz CT molecular complexity index is 463. The highest BCUT2D eigenvalue weighted by molar-refractivity contribution is 5.71. The van der Waals surface area contributed by atoms with E-state index in [9.17, 15) is 9.90 Å². The summed E-state index contributed by atoms with van der Waals surface area (Å²) >= 11 is 0. The van der Waals surface area contributed by atoms with E-state index in [1.807, 2.05) is 6.92 Å². The van der Waals surface area contributed by atoms with Gasteiger partial charge in [0, 0.05) is 19.1 Å². The van der Waals surface area contributed by atoms with E-state index in [1.54, 1.807) is 0 Å². The van der Waals surface area contributed by atoms with Crippen molar-refractivity contribution < 1.29 is 9.90 Å². The van der Waals surface area contributed by atoms with E-state index in [0.29, 0.717) is 6.54 Å². The van der Waals surface area contributed by atoms with E-state index in [4.69, 9.17) is 0 Å². The Hall–Kier alpha value is -1.35. The minimum atomic E-state index is -0.664. The van der Waals surface area contributed by atoms with Crippen LogP contribution in [-0.2, 0) is 4.79 Å². The van der Waals surface area contributed by atoms with Crippen molar-refractivity contribution in [3.63, 3.8) is 0 Å². The molecule has 1 aromatic carbocycles. The summed E-state index contributed by atoms with van der Waals surface area (Å²) in [6.45, 7) is 9.94. The van der Waals surface area contributed by atoms with Gasteiger partial charge in [0.15, 0.2) is 0 Å². The molecule has 1 heterocycles. The molecule has 3 heteroatoms. The minimum absolute atomic E-state index is 0.228. The van der Waals surface area contributed by atoms with Crippen molar-refractivity contribution in [3.05, 3.63) is 34.9 Å². The smallest absolute Gasteiger partial charge is 0.308 e. The second kappa shape index (κ2) is 5.33. The van der Waals surface area contributed by atoms with Crippen LogP contribution in [0.3, 0.4) is 0 Å². The van der Waals surface area contributed by atoms with Gasteiger partial charge in [-0.25, -0.2) is 0 Å². The van der Waals surface area contributed by atoms with Crippen LogP contribution in [0.4, 0.5) is 0 Å². The first-order valence-electron chi connectivity index (χ1n) is 6.93. The molecule has 104 valence electrons. The predicted molar refractivity (Wildman–Crippen MR) is 76.2 cm³/mol. The van der Waals surface area contributed by atoms with Crippen LogP contribution in [0.1, 0.15) is 36.6 Å². The molecule has 0 aliphatic carbocycles. The zero-order chi connectivity index (χ0) is 14.2. The summed E-state index contributed by atoms with van der Waals surface area (Å²) in [7, 11) is 0. The number of hydrogen-bond acceptors (Lipinski definition) is 2. The SMILES string of the molecule is Cc1cc(C)cc(C(C)N2CC(C)C(C(=O)O)C2)c1. The van der Waals surface area contributed by atoms with Gasteiger partial charge in [-0.1, -0.05) is 36.2 Å². The van der Waals surface area contributed by atoms with Gasteiger partial charge < -0.3 is 5.11 Å². The number of benzene rings is 1. The normalized spacial score (nSPS) is 25.5. The molecule has 2 rings (SSSR count). The van der Waals surface area contributed by atoms with Gasteiger partial charge in [0.2, 0.25) is 0 Å². The Morgan fingerprint density at radius 1 is 1.26 bits per heavy atom. The molecule has 3 unspecified atom stereocenters. The summed E-state index contributed by atoms with van der Waals surface area (Å²) in [5.74, 6) is -0.665. The van der Waals surface area contributed by atoms with Crippen LogP contribution in [0.15, 0.2) is 18.2 Å². The molecule has 0 radical (unpaired) electrons. The minimum Gasteiger partial charge on any atom is -0.481 e. The fourth-order valence-corrected chi connectivity index (χ4v) is 3.10. The Labute approximate surface area is 115 Å². The zero-order valence-corrected chi connectivity index (χ0v) is 12.2. The number of carbonyl (C=O) groups is 1. The lowest BCUT2D eigenvalue weighted by Gasteiger charge is -2.25. The summed E-state index contributed by atoms with van der Waals surface area (Å²) in [4.78, 5) is 13.5. The highest BCUT2D eigenvalue weighted by Gasteiger charge is 2.36. The fraction of sp³-hybridized carbons (Fsp3) is 0.562. The molecule has 19 heavy (non-hydrogen) atoms. The molecular formula is C16H23NO2. The predicted octanol–water partition coefficient (Wildman–Crippen LogP) is 3.02. The van der Waals surface area contributed by atoms with Gasteiger partial charge >= 0.3 is 5.97 Å². The van der Waals surface area contributed by atoms with Crippen LogP contribution in [0, 0.1) is 25.7 Å². The van der Waals surface area contributed by atoms with Gasteiger partial charge in [-0.3, -0.25) is 9.69 Å². The number of rotatable bonds is 3. The summed E-state index contributed by atoms with van der Waals surface area (Å²) in [6.07, 6.45) is 0. The number of likely N-dealkylation sites (tertiary alicyclic amines) is 1. The zero-order valence-electron chi connectivity index (χ0n) is 12.2. The van der Waals surface area contributed by atoms with Gasteiger partial charge in [0.05, 0.1) is 5.92 Å². The van der Waals surface area contributed by atoms with Gasteiger partial charge in [0.25, 0.3) is 0 Å². The standard InChI is InChI=1S/C16H23NO2/c1-10-5-11(2)7-14(6-10)13(4)17-8-12(3)15(9-17)16(18)19/h5-7,12-13,15H,8-9H2,1-4H3,(H,18,19). The highest BCUT2D eigenvalue weighted by atomic mass is 16.4. The molecular weight excluding hydrogens is 238 g/mol. The molecule has 1 N–H and O–H groups in total. The second-order valence-electron chi connectivity index (χ2n) is 5.97. The van der Waals surface area contributed by atoms with Crippen LogP contribution < -0.4 is 0 Å². The topological polar surface area (TPSA) is 40.5 Å². The van der Waals surface area contributed by atoms with Crippen molar-refractivity contribution in [3.8, 4) is 0 Å². The van der Waals surface area contributed by atoms with E-state index in [2.05, 4.69) is 43.9 Å². The fourth-order valence-electron chi connectivity index (χ4n) is 3.10. The highest BCUT2D eigenvalue weighted by Crippen LogP contribution is 2.31. The number of carboxylic acids is 1. The van der Waals surface area contributed by atoms with E-state index in [0.717, 1.165) is 6.54 Å². The van der Waals surface area contributed by atoms with E-state index in [-0.39, 0.29) is 17.9 Å². The summed E-state index contributed by atoms with van der Waals surface area (Å²) in [6, 6.07) is 6.86. The Balaban J connectivity index is 2.16. The number of aliphatic carboxylic acids is 1. The summed E-state index contributed by atoms with van der Waals surface area (Å²) in [5, 5.41) is 9.22. The number of nitrogens with zero attached hydrogens (tertiary/aromatic N) is 1. The molecule has 1 aliphatic rings. The van der Waals surface area contributed by atoms with Crippen molar-refractivity contribution in [2.45, 2.75) is 33.7 Å². The summed E-state index contributed by atoms with van der Waals surface area (Å²) in [5.41, 5.74) is 3.82. The van der Waals surface area contributed by atoms with Crippen LogP contribution in [-0.4, -0.2) is 29.1 Å². The van der Waals surface area contributed by atoms with Crippen molar-refractivity contribution in [2.75, 3.05) is 13.1 Å². The van der Waals surface area contributed by atoms with Gasteiger partial charge in [-0.15, -0.1) is 0 Å². The van der Waals surface area contributed by atoms with Crippen LogP contribution in [0.2, 0.25) is 0 Å². The van der Waals surface area contributed by atoms with E-state index in [1.165, 1.54) is 16.7 Å². The van der Waals surface area contributed by atoms with Crippen molar-refractivity contribution >= 4 is 5.97 Å². The van der Waals surface area contributed by atoms with Gasteiger partial charge in [0.1, 0.15) is 0 Å². The first-order valence-corrected chi connectivity index (χ1v) is 6.93. The number of carboxylic acid groups (broad SMARTS) is 1. The molecule has 0 bridgehead atoms. The Kier molecular flexibility index (Phi) is 3.95. The lowest BCUT2D eigenvalue weighted by atomic mass is 9.99. The average molecular weight is 261 g/mol. The molecule has 1 fully saturated rings. The third-order valence-corrected chi connectivity index (χ3v) is 4.23. The molecule has 3 atom stereocenters. The molecule has 0 saturated carbocycles. The molecule has 3 nitrogen and oxygen atoms in total. The third-order valence-electron chi connectivity index (χ3n) is 4.23. The second-order valence-corrected chi connectivity index (χ2v) is 5.97. The summed E-state index contributed by atoms with van der Waals surface area (Å²) < 4.78 is 0. The van der Waals surface area contributed by atoms with Crippen molar-refractivity contribution in [1.29, 1.82) is 0 Å². The van der Waals surface area contributed by atoms with Crippen LogP contribution >= 0.6 is 0 Å². The molecule has 1 aliphatic heterocycles. The van der Waals surface area contributed by atoms with Crippen molar-refractivity contribution in [2.24, 2.45) is 11.8 Å². The number of aryl methyl sites for hydroxylation is 2. The molecule has 0 aromatic heterocycles. The van der Waals surface area contributed by atoms with Crippen LogP contribution in [0.5, 0.6) is 0 Å². The van der Waals surface area contributed by atoms with Gasteiger partial charge in [-0.05, 0) is 32.3 Å². The lowest BCUT2D eigenvalue weighted by molar-refractivity contribution is -0.142. The molecule has 0 amide bonds. The molecule has 1 saturated heterocycles. The quantitative estimate of drug-likeness (QED) is 0.909. The largest absolute Gasteiger partial charge is 0.481 e. The average Bonchev–Trinajstić information content (AvgIpc) is 2.69. The molecule has 1 aromatic rings. The van der Waals surface area contributed by atoms with E-state index >= 15 is 0 Å². The Morgan fingerprint density at radius 2 is 1.84 bits per heavy atom. The number of hydrogen-bond donors (Lipinski definition) is 1. The maximum absolute atomic E-state index is 11.2. The third kappa shape index (κ3) is 2.98.